The van der Waals surface area contributed by atoms with Crippen LogP contribution < -0.4 is 0 Å². The van der Waals surface area contributed by atoms with Crippen molar-refractivity contribution in [1.82, 2.24) is 24.6 Å². The number of hydrogen-bond donors (Lipinski definition) is 0. The van der Waals surface area contributed by atoms with Crippen LogP contribution in [0.25, 0.3) is 22.0 Å². The second kappa shape index (κ2) is 5.99. The molecule has 0 bridgehead atoms. The van der Waals surface area contributed by atoms with Gasteiger partial charge in [0.25, 0.3) is 0 Å². The van der Waals surface area contributed by atoms with Gasteiger partial charge in [0.2, 0.25) is 0 Å². The largest absolute Gasteiger partial charge is 0.298 e. The average molecular weight is 347 g/mol. The monoisotopic (exact) mass is 347 g/mol. The highest BCUT2D eigenvalue weighted by Gasteiger charge is 2.45. The van der Waals surface area contributed by atoms with E-state index in [4.69, 9.17) is 0 Å². The third-order valence-electron chi connectivity index (χ3n) is 5.49. The Morgan fingerprint density at radius 2 is 1.92 bits per heavy atom. The first-order valence-electron chi connectivity index (χ1n) is 9.12. The van der Waals surface area contributed by atoms with Crippen LogP contribution in [0, 0.1) is 11.8 Å². The number of hydrogen-bond acceptors (Lipinski definition) is 5. The molecular formula is C20H21N5O. The van der Waals surface area contributed by atoms with Gasteiger partial charge in [0.05, 0.1) is 24.9 Å². The average Bonchev–Trinajstić information content (AvgIpc) is 3.01. The standard InChI is InChI=1S/C20H21N5O/c1-24-9-17(8-23-24)20-4-13-3-18(21-6-16(13)7-22-20)5-19(26)12-25-10-14-2-15(14)11-25/h3-4,6-9,14-15H,2,5,10-12H2,1H3. The molecule has 0 amide bonds. The Morgan fingerprint density at radius 3 is 2.69 bits per heavy atom. The number of Topliss-reactive ketones (excluding diaryl/α,β-unsaturated/α-hetero) is 1. The normalized spacial score (nSPS) is 21.9. The first-order chi connectivity index (χ1) is 12.6. The molecule has 26 heavy (non-hydrogen) atoms. The van der Waals surface area contributed by atoms with Crippen LogP contribution in [0.2, 0.25) is 0 Å². The quantitative estimate of drug-likeness (QED) is 0.707. The van der Waals surface area contributed by atoms with E-state index in [1.807, 2.05) is 37.8 Å². The highest BCUT2D eigenvalue weighted by atomic mass is 16.1. The molecule has 3 aromatic rings. The highest BCUT2D eigenvalue weighted by Crippen LogP contribution is 2.44. The molecule has 1 aliphatic heterocycles. The van der Waals surface area contributed by atoms with Gasteiger partial charge in [0.15, 0.2) is 5.78 Å². The van der Waals surface area contributed by atoms with Gasteiger partial charge in [0, 0.05) is 55.4 Å². The number of aryl methyl sites for hydroxylation is 1. The maximum atomic E-state index is 12.4. The van der Waals surface area contributed by atoms with Crippen LogP contribution in [0.5, 0.6) is 0 Å². The summed E-state index contributed by atoms with van der Waals surface area (Å²) in [7, 11) is 1.89. The lowest BCUT2D eigenvalue weighted by molar-refractivity contribution is -0.119. The third kappa shape index (κ3) is 3.01. The fourth-order valence-electron chi connectivity index (χ4n) is 4.02. The number of piperidine rings is 1. The van der Waals surface area contributed by atoms with E-state index >= 15 is 0 Å². The molecule has 2 aliphatic rings. The number of ketones is 1. The van der Waals surface area contributed by atoms with Gasteiger partial charge in [-0.2, -0.15) is 5.10 Å². The van der Waals surface area contributed by atoms with Gasteiger partial charge in [0.1, 0.15) is 0 Å². The van der Waals surface area contributed by atoms with E-state index in [9.17, 15) is 4.79 Å². The maximum Gasteiger partial charge on any atom is 0.152 e. The van der Waals surface area contributed by atoms with Gasteiger partial charge in [-0.05, 0) is 35.8 Å². The van der Waals surface area contributed by atoms with Crippen LogP contribution in [0.15, 0.2) is 36.9 Å². The van der Waals surface area contributed by atoms with E-state index in [-0.39, 0.29) is 5.78 Å². The second-order valence-corrected chi connectivity index (χ2v) is 7.66. The Bertz CT molecular complexity index is 985. The number of pyridine rings is 2. The van der Waals surface area contributed by atoms with Crippen LogP contribution in [0.1, 0.15) is 12.1 Å². The van der Waals surface area contributed by atoms with Crippen molar-refractivity contribution in [2.75, 3.05) is 19.6 Å². The smallest absolute Gasteiger partial charge is 0.152 e. The molecule has 132 valence electrons. The lowest BCUT2D eigenvalue weighted by Gasteiger charge is -2.15. The van der Waals surface area contributed by atoms with Gasteiger partial charge in [-0.25, -0.2) is 0 Å². The maximum absolute atomic E-state index is 12.4. The fourth-order valence-corrected chi connectivity index (χ4v) is 4.02. The minimum atomic E-state index is 0.250. The highest BCUT2D eigenvalue weighted by molar-refractivity contribution is 5.87. The van der Waals surface area contributed by atoms with Gasteiger partial charge in [-0.15, -0.1) is 0 Å². The third-order valence-corrected chi connectivity index (χ3v) is 5.49. The second-order valence-electron chi connectivity index (χ2n) is 7.66. The van der Waals surface area contributed by atoms with E-state index in [1.54, 1.807) is 10.9 Å². The zero-order chi connectivity index (χ0) is 17.7. The van der Waals surface area contributed by atoms with Gasteiger partial charge < -0.3 is 0 Å². The molecule has 1 saturated carbocycles. The predicted octanol–water partition coefficient (Wildman–Crippen LogP) is 2.09. The van der Waals surface area contributed by atoms with Crippen molar-refractivity contribution in [2.24, 2.45) is 18.9 Å². The molecule has 0 N–H and O–H groups in total. The molecule has 2 unspecified atom stereocenters. The van der Waals surface area contributed by atoms with Crippen LogP contribution in [0.4, 0.5) is 0 Å². The van der Waals surface area contributed by atoms with Crippen LogP contribution in [-0.4, -0.2) is 50.1 Å². The zero-order valence-electron chi connectivity index (χ0n) is 14.8. The Hall–Kier alpha value is -2.60. The number of rotatable bonds is 5. The molecule has 6 nitrogen and oxygen atoms in total. The van der Waals surface area contributed by atoms with Crippen molar-refractivity contribution in [3.05, 3.63) is 42.6 Å². The topological polar surface area (TPSA) is 63.9 Å². The Kier molecular flexibility index (Phi) is 3.60. The van der Waals surface area contributed by atoms with Crippen molar-refractivity contribution >= 4 is 16.6 Å². The predicted molar refractivity (Wildman–Crippen MR) is 98.5 cm³/mol. The minimum absolute atomic E-state index is 0.250. The van der Waals surface area contributed by atoms with Gasteiger partial charge in [-0.1, -0.05) is 0 Å². The van der Waals surface area contributed by atoms with E-state index in [0.717, 1.165) is 52.6 Å². The van der Waals surface area contributed by atoms with Gasteiger partial charge in [-0.3, -0.25) is 24.3 Å². The number of carbonyl (C=O) groups excluding carboxylic acids is 1. The molecule has 0 aromatic carbocycles. The molecule has 0 radical (unpaired) electrons. The summed E-state index contributed by atoms with van der Waals surface area (Å²) in [6.45, 7) is 2.76. The molecule has 5 rings (SSSR count). The summed E-state index contributed by atoms with van der Waals surface area (Å²) in [4.78, 5) is 23.7. The number of carbonyl (C=O) groups is 1. The summed E-state index contributed by atoms with van der Waals surface area (Å²) < 4.78 is 1.76. The number of likely N-dealkylation sites (tertiary alicyclic amines) is 1. The lowest BCUT2D eigenvalue weighted by atomic mass is 10.1. The zero-order valence-corrected chi connectivity index (χ0v) is 14.8. The van der Waals surface area contributed by atoms with Crippen molar-refractivity contribution in [3.8, 4) is 11.3 Å². The molecule has 6 heteroatoms. The van der Waals surface area contributed by atoms with E-state index in [0.29, 0.717) is 13.0 Å². The molecule has 1 saturated heterocycles. The number of fused-ring (bicyclic) bond motifs is 2. The Labute approximate surface area is 151 Å². The van der Waals surface area contributed by atoms with Crippen LogP contribution >= 0.6 is 0 Å². The van der Waals surface area contributed by atoms with Crippen molar-refractivity contribution in [2.45, 2.75) is 12.8 Å². The van der Waals surface area contributed by atoms with Crippen molar-refractivity contribution in [3.63, 3.8) is 0 Å². The fraction of sp³-hybridized carbons (Fsp3) is 0.400. The summed E-state index contributed by atoms with van der Waals surface area (Å²) in [5.74, 6) is 1.97. The molecular weight excluding hydrogens is 326 g/mol. The first-order valence-corrected chi connectivity index (χ1v) is 9.12. The summed E-state index contributed by atoms with van der Waals surface area (Å²) in [5.41, 5.74) is 2.69. The van der Waals surface area contributed by atoms with E-state index < -0.39 is 0 Å². The molecule has 3 aromatic heterocycles. The summed E-state index contributed by atoms with van der Waals surface area (Å²) >= 11 is 0. The van der Waals surface area contributed by atoms with E-state index in [2.05, 4.69) is 20.0 Å². The minimum Gasteiger partial charge on any atom is -0.298 e. The van der Waals surface area contributed by atoms with Crippen molar-refractivity contribution < 1.29 is 4.79 Å². The SMILES string of the molecule is Cn1cc(-c2cc3cc(CC(=O)CN4CC5CC5C4)ncc3cn2)cn1. The van der Waals surface area contributed by atoms with Crippen LogP contribution in [-0.2, 0) is 18.3 Å². The lowest BCUT2D eigenvalue weighted by Crippen LogP contribution is -2.30. The summed E-state index contributed by atoms with van der Waals surface area (Å²) in [6, 6.07) is 4.05. The first kappa shape index (κ1) is 15.6. The number of nitrogens with zero attached hydrogens (tertiary/aromatic N) is 5. The van der Waals surface area contributed by atoms with Crippen LogP contribution in [0.3, 0.4) is 0 Å². The Morgan fingerprint density at radius 1 is 1.12 bits per heavy atom. The molecule has 2 fully saturated rings. The Balaban J connectivity index is 1.33. The molecule has 0 spiro atoms. The molecule has 2 atom stereocenters. The van der Waals surface area contributed by atoms with Gasteiger partial charge >= 0.3 is 0 Å². The molecule has 4 heterocycles. The number of aromatic nitrogens is 4. The van der Waals surface area contributed by atoms with E-state index in [1.165, 1.54) is 6.42 Å². The molecule has 1 aliphatic carbocycles. The van der Waals surface area contributed by atoms with Crippen molar-refractivity contribution in [1.29, 1.82) is 0 Å². The summed E-state index contributed by atoms with van der Waals surface area (Å²) in [6.07, 6.45) is 9.15. The summed E-state index contributed by atoms with van der Waals surface area (Å²) in [5, 5.41) is 6.24.